The summed E-state index contributed by atoms with van der Waals surface area (Å²) in [6.07, 6.45) is 4.84. The van der Waals surface area contributed by atoms with Crippen molar-refractivity contribution in [1.82, 2.24) is 10.6 Å². The van der Waals surface area contributed by atoms with Gasteiger partial charge < -0.3 is 15.4 Å². The number of fused-ring (bicyclic) bond motifs is 1. The molecule has 0 saturated carbocycles. The molecule has 0 amide bonds. The lowest BCUT2D eigenvalue weighted by atomic mass is 9.96. The van der Waals surface area contributed by atoms with Crippen LogP contribution in [-0.4, -0.2) is 37.7 Å². The lowest BCUT2D eigenvalue weighted by molar-refractivity contribution is -0.152. The molecule has 4 heteroatoms. The Labute approximate surface area is 126 Å². The largest absolute Gasteiger partial charge is 0.460 e. The lowest BCUT2D eigenvalue weighted by Gasteiger charge is -2.27. The standard InChI is InChI=1S/C17H24N2O2/c20-17(21-15-6-3-10-18-12-15)16-8-7-13-4-1-2-5-14(13)9-11-19-16/h1-2,4-5,15-16,18-19H,3,6-12H2/t15?,16-/m0/s1. The first-order valence-electron chi connectivity index (χ1n) is 8.04. The van der Waals surface area contributed by atoms with Crippen molar-refractivity contribution >= 4 is 5.97 Å². The Morgan fingerprint density at radius 3 is 2.67 bits per heavy atom. The van der Waals surface area contributed by atoms with Gasteiger partial charge in [0.2, 0.25) is 0 Å². The van der Waals surface area contributed by atoms with E-state index in [1.165, 1.54) is 11.1 Å². The van der Waals surface area contributed by atoms with Crippen LogP contribution in [0.2, 0.25) is 0 Å². The third-order valence-corrected chi connectivity index (χ3v) is 4.42. The molecule has 1 unspecified atom stereocenters. The zero-order valence-corrected chi connectivity index (χ0v) is 12.4. The van der Waals surface area contributed by atoms with Crippen molar-refractivity contribution in [2.75, 3.05) is 19.6 Å². The lowest BCUT2D eigenvalue weighted by Crippen LogP contribution is -2.44. The number of ether oxygens (including phenoxy) is 1. The molecule has 2 atom stereocenters. The first-order chi connectivity index (χ1) is 10.3. The zero-order valence-electron chi connectivity index (χ0n) is 12.4. The first kappa shape index (κ1) is 14.5. The molecule has 2 aliphatic rings. The number of aryl methyl sites for hydroxylation is 1. The van der Waals surface area contributed by atoms with Crippen LogP contribution < -0.4 is 10.6 Å². The predicted octanol–water partition coefficient (Wildman–Crippen LogP) is 1.43. The zero-order chi connectivity index (χ0) is 14.5. The Hall–Kier alpha value is -1.39. The summed E-state index contributed by atoms with van der Waals surface area (Å²) >= 11 is 0. The molecule has 0 radical (unpaired) electrons. The topological polar surface area (TPSA) is 50.4 Å². The van der Waals surface area contributed by atoms with Gasteiger partial charge in [-0.15, -0.1) is 0 Å². The summed E-state index contributed by atoms with van der Waals surface area (Å²) in [5.74, 6) is -0.0805. The molecule has 1 aromatic rings. The maximum absolute atomic E-state index is 12.3. The van der Waals surface area contributed by atoms with Crippen LogP contribution in [0.5, 0.6) is 0 Å². The van der Waals surface area contributed by atoms with Crippen LogP contribution >= 0.6 is 0 Å². The monoisotopic (exact) mass is 288 g/mol. The second-order valence-electron chi connectivity index (χ2n) is 5.97. The third kappa shape index (κ3) is 3.83. The molecule has 3 rings (SSSR count). The molecule has 1 saturated heterocycles. The number of benzene rings is 1. The van der Waals surface area contributed by atoms with Crippen molar-refractivity contribution in [3.8, 4) is 0 Å². The second-order valence-corrected chi connectivity index (χ2v) is 5.97. The normalized spacial score (nSPS) is 26.3. The number of rotatable bonds is 2. The van der Waals surface area contributed by atoms with Gasteiger partial charge in [-0.2, -0.15) is 0 Å². The summed E-state index contributed by atoms with van der Waals surface area (Å²) in [4.78, 5) is 12.3. The van der Waals surface area contributed by atoms with Gasteiger partial charge in [-0.1, -0.05) is 24.3 Å². The van der Waals surface area contributed by atoms with Gasteiger partial charge in [0.05, 0.1) is 0 Å². The fourth-order valence-electron chi connectivity index (χ4n) is 3.20. The smallest absolute Gasteiger partial charge is 0.323 e. The van der Waals surface area contributed by atoms with E-state index in [2.05, 4.69) is 34.9 Å². The number of hydrogen-bond donors (Lipinski definition) is 2. The van der Waals surface area contributed by atoms with Crippen molar-refractivity contribution in [3.05, 3.63) is 35.4 Å². The van der Waals surface area contributed by atoms with Crippen molar-refractivity contribution in [3.63, 3.8) is 0 Å². The summed E-state index contributed by atoms with van der Waals surface area (Å²) in [7, 11) is 0. The highest BCUT2D eigenvalue weighted by atomic mass is 16.5. The quantitative estimate of drug-likeness (QED) is 0.808. The van der Waals surface area contributed by atoms with Crippen LogP contribution in [-0.2, 0) is 22.4 Å². The van der Waals surface area contributed by atoms with Crippen molar-refractivity contribution in [1.29, 1.82) is 0 Å². The Morgan fingerprint density at radius 1 is 1.10 bits per heavy atom. The first-order valence-corrected chi connectivity index (χ1v) is 8.04. The fraction of sp³-hybridized carbons (Fsp3) is 0.588. The van der Waals surface area contributed by atoms with E-state index in [9.17, 15) is 4.79 Å². The summed E-state index contributed by atoms with van der Waals surface area (Å²) < 4.78 is 5.65. The molecule has 21 heavy (non-hydrogen) atoms. The molecule has 4 nitrogen and oxygen atoms in total. The predicted molar refractivity (Wildman–Crippen MR) is 82.2 cm³/mol. The Kier molecular flexibility index (Phi) is 4.88. The average molecular weight is 288 g/mol. The molecule has 2 aliphatic heterocycles. The van der Waals surface area contributed by atoms with Crippen molar-refractivity contribution in [2.45, 2.75) is 44.2 Å². The van der Waals surface area contributed by atoms with E-state index in [0.717, 1.165) is 51.7 Å². The third-order valence-electron chi connectivity index (χ3n) is 4.42. The highest BCUT2D eigenvalue weighted by Gasteiger charge is 2.25. The second kappa shape index (κ2) is 7.05. The van der Waals surface area contributed by atoms with E-state index in [0.29, 0.717) is 0 Å². The number of carbonyl (C=O) groups is 1. The molecule has 2 heterocycles. The van der Waals surface area contributed by atoms with Gasteiger partial charge in [0.15, 0.2) is 0 Å². The Balaban J connectivity index is 1.57. The average Bonchev–Trinajstić information content (AvgIpc) is 2.49. The van der Waals surface area contributed by atoms with Gasteiger partial charge in [-0.05, 0) is 56.3 Å². The van der Waals surface area contributed by atoms with Gasteiger partial charge in [0.25, 0.3) is 0 Å². The molecule has 1 aromatic carbocycles. The number of carbonyl (C=O) groups excluding carboxylic acids is 1. The van der Waals surface area contributed by atoms with Gasteiger partial charge >= 0.3 is 5.97 Å². The van der Waals surface area contributed by atoms with Crippen LogP contribution in [0.25, 0.3) is 0 Å². The summed E-state index contributed by atoms with van der Waals surface area (Å²) in [5.41, 5.74) is 2.77. The number of piperidine rings is 1. The number of nitrogens with one attached hydrogen (secondary N) is 2. The van der Waals surface area contributed by atoms with Crippen LogP contribution in [0.4, 0.5) is 0 Å². The van der Waals surface area contributed by atoms with Crippen molar-refractivity contribution in [2.24, 2.45) is 0 Å². The maximum atomic E-state index is 12.3. The molecule has 0 aliphatic carbocycles. The van der Waals surface area contributed by atoms with Crippen molar-refractivity contribution < 1.29 is 9.53 Å². The van der Waals surface area contributed by atoms with Crippen LogP contribution in [0.1, 0.15) is 30.4 Å². The minimum atomic E-state index is -0.166. The molecule has 114 valence electrons. The van der Waals surface area contributed by atoms with Crippen LogP contribution in [0, 0.1) is 0 Å². The number of hydrogen-bond acceptors (Lipinski definition) is 4. The van der Waals surface area contributed by atoms with E-state index in [1.54, 1.807) is 0 Å². The van der Waals surface area contributed by atoms with Gasteiger partial charge in [-0.3, -0.25) is 4.79 Å². The minimum Gasteiger partial charge on any atom is -0.460 e. The highest BCUT2D eigenvalue weighted by molar-refractivity contribution is 5.76. The highest BCUT2D eigenvalue weighted by Crippen LogP contribution is 2.16. The molecule has 1 fully saturated rings. The van der Waals surface area contributed by atoms with E-state index in [-0.39, 0.29) is 18.1 Å². The van der Waals surface area contributed by atoms with Crippen LogP contribution in [0.15, 0.2) is 24.3 Å². The molecule has 0 spiro atoms. The van der Waals surface area contributed by atoms with E-state index < -0.39 is 0 Å². The van der Waals surface area contributed by atoms with Gasteiger partial charge in [0, 0.05) is 6.54 Å². The summed E-state index contributed by atoms with van der Waals surface area (Å²) in [6.45, 7) is 2.66. The fourth-order valence-corrected chi connectivity index (χ4v) is 3.20. The minimum absolute atomic E-state index is 0.0470. The van der Waals surface area contributed by atoms with Crippen LogP contribution in [0.3, 0.4) is 0 Å². The molecular formula is C17H24N2O2. The Bertz CT molecular complexity index is 483. The van der Waals surface area contributed by atoms with E-state index in [4.69, 9.17) is 4.74 Å². The Morgan fingerprint density at radius 2 is 1.90 bits per heavy atom. The molecular weight excluding hydrogens is 264 g/mol. The van der Waals surface area contributed by atoms with E-state index in [1.807, 2.05) is 0 Å². The summed E-state index contributed by atoms with van der Waals surface area (Å²) in [6, 6.07) is 8.36. The van der Waals surface area contributed by atoms with Gasteiger partial charge in [-0.25, -0.2) is 0 Å². The molecule has 0 aromatic heterocycles. The molecule has 2 N–H and O–H groups in total. The van der Waals surface area contributed by atoms with Gasteiger partial charge in [0.1, 0.15) is 12.1 Å². The molecule has 0 bridgehead atoms. The maximum Gasteiger partial charge on any atom is 0.323 e. The summed E-state index contributed by atoms with van der Waals surface area (Å²) in [5, 5.41) is 6.64. The SMILES string of the molecule is O=C(OC1CCCNC1)[C@@H]1CCc2ccccc2CCN1. The van der Waals surface area contributed by atoms with E-state index >= 15 is 0 Å². The number of esters is 1.